The molecule has 0 radical (unpaired) electrons. The van der Waals surface area contributed by atoms with E-state index in [4.69, 9.17) is 4.74 Å². The number of thioether (sulfide) groups is 1. The van der Waals surface area contributed by atoms with Gasteiger partial charge in [-0.25, -0.2) is 13.4 Å². The Morgan fingerprint density at radius 3 is 2.76 bits per heavy atom. The van der Waals surface area contributed by atoms with Gasteiger partial charge in [-0.05, 0) is 25.2 Å². The second kappa shape index (κ2) is 4.73. The fraction of sp³-hybridized carbons (Fsp3) is 0.500. The van der Waals surface area contributed by atoms with Gasteiger partial charge in [0.25, 0.3) is 0 Å². The van der Waals surface area contributed by atoms with Crippen molar-refractivity contribution in [2.75, 3.05) is 17.2 Å². The predicted molar refractivity (Wildman–Crippen MR) is 68.1 cm³/mol. The molecular formula is C10H14N2O3S2. The van der Waals surface area contributed by atoms with Crippen LogP contribution in [0.15, 0.2) is 17.2 Å². The highest BCUT2D eigenvalue weighted by atomic mass is 32.2. The van der Waals surface area contributed by atoms with Gasteiger partial charge in [0.1, 0.15) is 5.75 Å². The maximum Gasteiger partial charge on any atom is 0.231 e. The second-order valence-electron chi connectivity index (χ2n) is 3.91. The molecule has 1 saturated carbocycles. The van der Waals surface area contributed by atoms with Crippen LogP contribution in [0.5, 0.6) is 5.75 Å². The molecule has 0 aromatic carbocycles. The first-order valence-corrected chi connectivity index (χ1v) is 8.28. The lowest BCUT2D eigenvalue weighted by atomic mass is 10.4. The van der Waals surface area contributed by atoms with Crippen molar-refractivity contribution in [2.24, 2.45) is 0 Å². The summed E-state index contributed by atoms with van der Waals surface area (Å²) >= 11 is 1.43. The molecular weight excluding hydrogens is 260 g/mol. The molecule has 0 unspecified atom stereocenters. The van der Waals surface area contributed by atoms with Crippen LogP contribution >= 0.6 is 11.8 Å². The van der Waals surface area contributed by atoms with Crippen molar-refractivity contribution < 1.29 is 13.2 Å². The van der Waals surface area contributed by atoms with Crippen LogP contribution in [0.1, 0.15) is 12.8 Å². The molecule has 0 aliphatic heterocycles. The summed E-state index contributed by atoms with van der Waals surface area (Å²) in [5, 5.41) is 0. The van der Waals surface area contributed by atoms with Crippen LogP contribution in [0.2, 0.25) is 0 Å². The maximum atomic E-state index is 11.1. The molecule has 2 rings (SSSR count). The summed E-state index contributed by atoms with van der Waals surface area (Å²) in [5.74, 6) is 1.04. The zero-order valence-corrected chi connectivity index (χ0v) is 11.3. The molecule has 0 spiro atoms. The Morgan fingerprint density at radius 1 is 1.53 bits per heavy atom. The first-order valence-electron chi connectivity index (χ1n) is 5.16. The van der Waals surface area contributed by atoms with Gasteiger partial charge in [-0.15, -0.1) is 11.8 Å². The van der Waals surface area contributed by atoms with Crippen LogP contribution < -0.4 is 9.46 Å². The topological polar surface area (TPSA) is 68.3 Å². The van der Waals surface area contributed by atoms with Gasteiger partial charge in [-0.1, -0.05) is 0 Å². The summed E-state index contributed by atoms with van der Waals surface area (Å²) in [6.07, 6.45) is 6.99. The zero-order valence-electron chi connectivity index (χ0n) is 9.63. The standard InChI is InChI=1S/C10H14N2O3S2/c1-16-9-5-8(15-7-3-4-7)6-11-10(9)12-17(2,13)14/h5-7H,3-4H2,1-2H3,(H,11,12). The first-order chi connectivity index (χ1) is 7.98. The second-order valence-corrected chi connectivity index (χ2v) is 6.51. The number of anilines is 1. The normalized spacial score (nSPS) is 15.6. The van der Waals surface area contributed by atoms with Gasteiger partial charge in [-0.3, -0.25) is 4.72 Å². The molecule has 5 nitrogen and oxygen atoms in total. The molecule has 7 heteroatoms. The monoisotopic (exact) mass is 274 g/mol. The molecule has 0 saturated heterocycles. The summed E-state index contributed by atoms with van der Waals surface area (Å²) < 4.78 is 30.3. The van der Waals surface area contributed by atoms with Gasteiger partial charge in [-0.2, -0.15) is 0 Å². The van der Waals surface area contributed by atoms with Crippen molar-refractivity contribution in [3.8, 4) is 5.75 Å². The van der Waals surface area contributed by atoms with E-state index in [2.05, 4.69) is 9.71 Å². The third-order valence-corrected chi connectivity index (χ3v) is 3.47. The van der Waals surface area contributed by atoms with Crippen molar-refractivity contribution in [1.82, 2.24) is 4.98 Å². The van der Waals surface area contributed by atoms with Crippen molar-refractivity contribution in [3.63, 3.8) is 0 Å². The lowest BCUT2D eigenvalue weighted by molar-refractivity contribution is 0.301. The van der Waals surface area contributed by atoms with E-state index in [0.29, 0.717) is 17.7 Å². The summed E-state index contributed by atoms with van der Waals surface area (Å²) in [4.78, 5) is 4.84. The van der Waals surface area contributed by atoms with Gasteiger partial charge < -0.3 is 4.74 Å². The fourth-order valence-electron chi connectivity index (χ4n) is 1.28. The number of hydrogen-bond acceptors (Lipinski definition) is 5. The molecule has 0 atom stereocenters. The Kier molecular flexibility index (Phi) is 3.48. The molecule has 1 aliphatic rings. The summed E-state index contributed by atoms with van der Waals surface area (Å²) in [5.41, 5.74) is 0. The highest BCUT2D eigenvalue weighted by molar-refractivity contribution is 7.99. The summed E-state index contributed by atoms with van der Waals surface area (Å²) in [6.45, 7) is 0. The Hall–Kier alpha value is -0.950. The van der Waals surface area contributed by atoms with Crippen molar-refractivity contribution >= 4 is 27.6 Å². The molecule has 1 aromatic heterocycles. The number of aromatic nitrogens is 1. The van der Waals surface area contributed by atoms with Crippen LogP contribution in [0, 0.1) is 0 Å². The fourth-order valence-corrected chi connectivity index (χ4v) is 2.39. The zero-order chi connectivity index (χ0) is 12.5. The Morgan fingerprint density at radius 2 is 2.24 bits per heavy atom. The number of hydrogen-bond donors (Lipinski definition) is 1. The van der Waals surface area contributed by atoms with E-state index in [1.165, 1.54) is 11.8 Å². The Labute approximate surface area is 105 Å². The number of sulfonamides is 1. The van der Waals surface area contributed by atoms with Crippen molar-refractivity contribution in [2.45, 2.75) is 23.8 Å². The Bertz CT molecular complexity index is 512. The molecule has 1 heterocycles. The summed E-state index contributed by atoms with van der Waals surface area (Å²) in [6, 6.07) is 1.81. The smallest absolute Gasteiger partial charge is 0.231 e. The van der Waals surface area contributed by atoms with E-state index in [1.54, 1.807) is 6.20 Å². The number of nitrogens with zero attached hydrogens (tertiary/aromatic N) is 1. The minimum absolute atomic E-state index is 0.306. The highest BCUT2D eigenvalue weighted by Crippen LogP contribution is 2.31. The number of nitrogens with one attached hydrogen (secondary N) is 1. The first kappa shape index (κ1) is 12.5. The molecule has 0 bridgehead atoms. The van der Waals surface area contributed by atoms with E-state index in [1.807, 2.05) is 12.3 Å². The number of ether oxygens (including phenoxy) is 1. The quantitative estimate of drug-likeness (QED) is 0.828. The average molecular weight is 274 g/mol. The SMILES string of the molecule is CSc1cc(OC2CC2)cnc1NS(C)(=O)=O. The number of pyridine rings is 1. The minimum atomic E-state index is -3.30. The predicted octanol–water partition coefficient (Wildman–Crippen LogP) is 1.72. The molecule has 1 fully saturated rings. The van der Waals surface area contributed by atoms with Gasteiger partial charge in [0, 0.05) is 0 Å². The average Bonchev–Trinajstić information content (AvgIpc) is 3.02. The third-order valence-electron chi connectivity index (χ3n) is 2.16. The summed E-state index contributed by atoms with van der Waals surface area (Å²) in [7, 11) is -3.30. The van der Waals surface area contributed by atoms with E-state index in [0.717, 1.165) is 24.0 Å². The highest BCUT2D eigenvalue weighted by Gasteiger charge is 2.24. The minimum Gasteiger partial charge on any atom is -0.489 e. The van der Waals surface area contributed by atoms with E-state index in [-0.39, 0.29) is 0 Å². The molecule has 1 N–H and O–H groups in total. The molecule has 1 aromatic rings. The molecule has 17 heavy (non-hydrogen) atoms. The van der Waals surface area contributed by atoms with Crippen molar-refractivity contribution in [1.29, 1.82) is 0 Å². The van der Waals surface area contributed by atoms with Crippen molar-refractivity contribution in [3.05, 3.63) is 12.3 Å². The molecule has 0 amide bonds. The largest absolute Gasteiger partial charge is 0.489 e. The number of rotatable bonds is 5. The van der Waals surface area contributed by atoms with Crippen LogP contribution in [-0.2, 0) is 10.0 Å². The lowest BCUT2D eigenvalue weighted by Gasteiger charge is -2.10. The molecule has 94 valence electrons. The lowest BCUT2D eigenvalue weighted by Crippen LogP contribution is -2.11. The van der Waals surface area contributed by atoms with Crippen LogP contribution in [-0.4, -0.2) is 32.0 Å². The van der Waals surface area contributed by atoms with E-state index in [9.17, 15) is 8.42 Å². The van der Waals surface area contributed by atoms with Gasteiger partial charge in [0.05, 0.1) is 23.5 Å². The van der Waals surface area contributed by atoms with Gasteiger partial charge in [0.2, 0.25) is 10.0 Å². The van der Waals surface area contributed by atoms with E-state index < -0.39 is 10.0 Å². The van der Waals surface area contributed by atoms with Gasteiger partial charge >= 0.3 is 0 Å². The van der Waals surface area contributed by atoms with E-state index >= 15 is 0 Å². The third kappa shape index (κ3) is 3.78. The molecule has 1 aliphatic carbocycles. The van der Waals surface area contributed by atoms with Crippen LogP contribution in [0.4, 0.5) is 5.82 Å². The van der Waals surface area contributed by atoms with Crippen LogP contribution in [0.25, 0.3) is 0 Å². The van der Waals surface area contributed by atoms with Gasteiger partial charge in [0.15, 0.2) is 5.82 Å². The van der Waals surface area contributed by atoms with Crippen LogP contribution in [0.3, 0.4) is 0 Å². The maximum absolute atomic E-state index is 11.1. The Balaban J connectivity index is 2.21.